The van der Waals surface area contributed by atoms with Crippen LogP contribution in [0.3, 0.4) is 0 Å². The molecule has 1 aromatic rings. The van der Waals surface area contributed by atoms with Crippen LogP contribution in [0, 0.1) is 5.92 Å². The van der Waals surface area contributed by atoms with Gasteiger partial charge in [0.05, 0.1) is 5.92 Å². The number of rotatable bonds is 6. The normalized spacial score (nSPS) is 26.2. The largest absolute Gasteiger partial charge is 0.444 e. The van der Waals surface area contributed by atoms with E-state index in [-0.39, 0.29) is 29.9 Å². The standard InChI is InChI=1S/C27H41N5O4/c1-27(2,3)36-26(35)28-21-8-4-19(5-9-21)18-31-14-16-32(17-15-31)30-22-10-6-20(7-11-22)23-12-13-24(33)29-25(23)34/h6-7,10-11,19,21,23,30H,4-5,8-9,12-18H2,1-3H3,(H,28,35)(H,29,33,34). The number of benzene rings is 1. The number of nitrogens with one attached hydrogen (secondary N) is 3. The first-order valence-electron chi connectivity index (χ1n) is 13.3. The molecule has 2 saturated heterocycles. The van der Waals surface area contributed by atoms with Crippen LogP contribution < -0.4 is 16.1 Å². The van der Waals surface area contributed by atoms with Crippen molar-refractivity contribution in [2.24, 2.45) is 5.92 Å². The van der Waals surface area contributed by atoms with Gasteiger partial charge < -0.3 is 20.4 Å². The van der Waals surface area contributed by atoms with Gasteiger partial charge in [-0.3, -0.25) is 14.9 Å². The SMILES string of the molecule is CC(C)(C)OC(=O)NC1CCC(CN2CCN(Nc3ccc(C4CCC(=O)NC4=O)cc3)CC2)CC1. The molecule has 2 heterocycles. The number of hydrazine groups is 1. The van der Waals surface area contributed by atoms with E-state index in [1.807, 2.05) is 45.0 Å². The number of piperazine rings is 1. The van der Waals surface area contributed by atoms with E-state index in [1.54, 1.807) is 0 Å². The van der Waals surface area contributed by atoms with Gasteiger partial charge in [0.1, 0.15) is 5.60 Å². The maximum Gasteiger partial charge on any atom is 0.407 e. The number of imide groups is 1. The smallest absolute Gasteiger partial charge is 0.407 e. The highest BCUT2D eigenvalue weighted by atomic mass is 16.6. The second-order valence-corrected chi connectivity index (χ2v) is 11.4. The third-order valence-corrected chi connectivity index (χ3v) is 7.30. The highest BCUT2D eigenvalue weighted by molar-refractivity contribution is 6.00. The van der Waals surface area contributed by atoms with Gasteiger partial charge in [-0.25, -0.2) is 9.80 Å². The number of alkyl carbamates (subject to hydrolysis) is 1. The highest BCUT2D eigenvalue weighted by Gasteiger charge is 2.29. The van der Waals surface area contributed by atoms with Crippen molar-refractivity contribution in [1.29, 1.82) is 0 Å². The van der Waals surface area contributed by atoms with Gasteiger partial charge in [-0.05, 0) is 76.5 Å². The Labute approximate surface area is 214 Å². The Morgan fingerprint density at radius 2 is 1.67 bits per heavy atom. The van der Waals surface area contributed by atoms with Gasteiger partial charge in [0, 0.05) is 50.9 Å². The van der Waals surface area contributed by atoms with Crippen LogP contribution in [0.2, 0.25) is 0 Å². The fourth-order valence-electron chi connectivity index (χ4n) is 5.36. The minimum Gasteiger partial charge on any atom is -0.444 e. The van der Waals surface area contributed by atoms with Crippen molar-refractivity contribution < 1.29 is 19.1 Å². The van der Waals surface area contributed by atoms with Crippen molar-refractivity contribution in [3.05, 3.63) is 29.8 Å². The summed E-state index contributed by atoms with van der Waals surface area (Å²) in [6, 6.07) is 8.20. The van der Waals surface area contributed by atoms with Gasteiger partial charge in [0.25, 0.3) is 0 Å². The third kappa shape index (κ3) is 7.67. The highest BCUT2D eigenvalue weighted by Crippen LogP contribution is 2.27. The first-order chi connectivity index (χ1) is 17.1. The van der Waals surface area contributed by atoms with Gasteiger partial charge in [-0.15, -0.1) is 0 Å². The third-order valence-electron chi connectivity index (χ3n) is 7.30. The first kappa shape index (κ1) is 26.4. The van der Waals surface area contributed by atoms with E-state index in [9.17, 15) is 14.4 Å². The Hall–Kier alpha value is -2.65. The molecule has 3 aliphatic rings. The van der Waals surface area contributed by atoms with Crippen LogP contribution in [0.5, 0.6) is 0 Å². The van der Waals surface area contributed by atoms with Crippen molar-refractivity contribution in [1.82, 2.24) is 20.5 Å². The Morgan fingerprint density at radius 3 is 2.28 bits per heavy atom. The fourth-order valence-corrected chi connectivity index (χ4v) is 5.36. The predicted octanol–water partition coefficient (Wildman–Crippen LogP) is 3.23. The van der Waals surface area contributed by atoms with E-state index in [2.05, 4.69) is 26.0 Å². The second-order valence-electron chi connectivity index (χ2n) is 11.4. The minimum atomic E-state index is -0.461. The zero-order valence-electron chi connectivity index (χ0n) is 21.8. The molecule has 9 heteroatoms. The summed E-state index contributed by atoms with van der Waals surface area (Å²) in [7, 11) is 0. The quantitative estimate of drug-likeness (QED) is 0.517. The molecule has 1 aromatic carbocycles. The van der Waals surface area contributed by atoms with Crippen LogP contribution in [0.25, 0.3) is 0 Å². The number of piperidine rings is 1. The second kappa shape index (κ2) is 11.6. The van der Waals surface area contributed by atoms with Gasteiger partial charge in [0.2, 0.25) is 11.8 Å². The van der Waals surface area contributed by atoms with Crippen molar-refractivity contribution in [3.63, 3.8) is 0 Å². The number of ether oxygens (including phenoxy) is 1. The van der Waals surface area contributed by atoms with E-state index in [0.717, 1.165) is 69.7 Å². The molecule has 3 fully saturated rings. The van der Waals surface area contributed by atoms with E-state index < -0.39 is 5.60 Å². The Morgan fingerprint density at radius 1 is 1.00 bits per heavy atom. The molecular formula is C27H41N5O4. The molecule has 198 valence electrons. The lowest BCUT2D eigenvalue weighted by Gasteiger charge is -2.38. The summed E-state index contributed by atoms with van der Waals surface area (Å²) < 4.78 is 5.39. The summed E-state index contributed by atoms with van der Waals surface area (Å²) in [6.07, 6.45) is 4.96. The van der Waals surface area contributed by atoms with E-state index in [4.69, 9.17) is 4.74 Å². The molecule has 0 spiro atoms. The summed E-state index contributed by atoms with van der Waals surface area (Å²) in [5.74, 6) is 0.0527. The summed E-state index contributed by atoms with van der Waals surface area (Å²) in [4.78, 5) is 38.1. The Balaban J connectivity index is 1.14. The molecule has 4 rings (SSSR count). The van der Waals surface area contributed by atoms with Crippen LogP contribution in [-0.4, -0.2) is 72.2 Å². The number of hydrogen-bond donors (Lipinski definition) is 3. The first-order valence-corrected chi connectivity index (χ1v) is 13.3. The molecular weight excluding hydrogens is 458 g/mol. The number of carbonyl (C=O) groups excluding carboxylic acids is 3. The molecule has 9 nitrogen and oxygen atoms in total. The number of nitrogens with zero attached hydrogens (tertiary/aromatic N) is 2. The monoisotopic (exact) mass is 499 g/mol. The number of amides is 3. The molecule has 0 radical (unpaired) electrons. The lowest BCUT2D eigenvalue weighted by Crippen LogP contribution is -2.50. The number of hydrogen-bond acceptors (Lipinski definition) is 7. The summed E-state index contributed by atoms with van der Waals surface area (Å²) in [5.41, 5.74) is 4.99. The van der Waals surface area contributed by atoms with Crippen LogP contribution >= 0.6 is 0 Å². The summed E-state index contributed by atoms with van der Waals surface area (Å²) in [5, 5.41) is 7.71. The predicted molar refractivity (Wildman–Crippen MR) is 138 cm³/mol. The van der Waals surface area contributed by atoms with Crippen molar-refractivity contribution in [3.8, 4) is 0 Å². The van der Waals surface area contributed by atoms with E-state index in [1.165, 1.54) is 0 Å². The zero-order chi connectivity index (χ0) is 25.7. The summed E-state index contributed by atoms with van der Waals surface area (Å²) in [6.45, 7) is 10.7. The fraction of sp³-hybridized carbons (Fsp3) is 0.667. The minimum absolute atomic E-state index is 0.184. The molecule has 1 aliphatic carbocycles. The maximum absolute atomic E-state index is 12.1. The van der Waals surface area contributed by atoms with E-state index >= 15 is 0 Å². The molecule has 3 amide bonds. The van der Waals surface area contributed by atoms with Crippen LogP contribution in [-0.2, 0) is 14.3 Å². The van der Waals surface area contributed by atoms with Crippen molar-refractivity contribution in [2.45, 2.75) is 76.9 Å². The zero-order valence-corrected chi connectivity index (χ0v) is 21.8. The maximum atomic E-state index is 12.1. The molecule has 3 N–H and O–H groups in total. The van der Waals surface area contributed by atoms with Gasteiger partial charge in [-0.1, -0.05) is 12.1 Å². The lowest BCUT2D eigenvalue weighted by molar-refractivity contribution is -0.134. The molecule has 1 unspecified atom stereocenters. The summed E-state index contributed by atoms with van der Waals surface area (Å²) >= 11 is 0. The molecule has 36 heavy (non-hydrogen) atoms. The Bertz CT molecular complexity index is 913. The average Bonchev–Trinajstić information content (AvgIpc) is 2.81. The molecule has 1 atom stereocenters. The van der Waals surface area contributed by atoms with E-state index in [0.29, 0.717) is 18.8 Å². The molecule has 0 bridgehead atoms. The molecule has 0 aromatic heterocycles. The number of anilines is 1. The average molecular weight is 500 g/mol. The van der Waals surface area contributed by atoms with Crippen LogP contribution in [0.1, 0.15) is 70.8 Å². The van der Waals surface area contributed by atoms with Gasteiger partial charge >= 0.3 is 6.09 Å². The molecule has 1 saturated carbocycles. The van der Waals surface area contributed by atoms with Crippen molar-refractivity contribution >= 4 is 23.6 Å². The van der Waals surface area contributed by atoms with Gasteiger partial charge in [0.15, 0.2) is 0 Å². The van der Waals surface area contributed by atoms with Crippen molar-refractivity contribution in [2.75, 3.05) is 38.1 Å². The Kier molecular flexibility index (Phi) is 8.51. The lowest BCUT2D eigenvalue weighted by atomic mass is 9.85. The van der Waals surface area contributed by atoms with Crippen LogP contribution in [0.4, 0.5) is 10.5 Å². The molecule has 2 aliphatic heterocycles. The number of carbonyl (C=O) groups is 3. The topological polar surface area (TPSA) is 103 Å². The van der Waals surface area contributed by atoms with Crippen LogP contribution in [0.15, 0.2) is 24.3 Å². The van der Waals surface area contributed by atoms with Gasteiger partial charge in [-0.2, -0.15) is 0 Å².